The van der Waals surface area contributed by atoms with Crippen molar-refractivity contribution < 1.29 is 9.41 Å². The van der Waals surface area contributed by atoms with Crippen LogP contribution in [0.4, 0.5) is 4.39 Å². The van der Waals surface area contributed by atoms with Crippen molar-refractivity contribution in [3.05, 3.63) is 29.6 Å². The molecule has 15 heavy (non-hydrogen) atoms. The fraction of sp³-hybridized carbons (Fsp3) is 0.500. The minimum atomic E-state index is -0.538. The Labute approximate surface area is 91.4 Å². The van der Waals surface area contributed by atoms with Crippen molar-refractivity contribution >= 4 is 12.4 Å². The van der Waals surface area contributed by atoms with Crippen molar-refractivity contribution in [2.24, 2.45) is 5.41 Å². The van der Waals surface area contributed by atoms with E-state index < -0.39 is 6.92 Å². The summed E-state index contributed by atoms with van der Waals surface area (Å²) in [6.45, 7) is 7.36. The molecule has 3 heteroatoms. The summed E-state index contributed by atoms with van der Waals surface area (Å²) in [6, 6.07) is 4.82. The van der Waals surface area contributed by atoms with E-state index in [4.69, 9.17) is 0 Å². The van der Waals surface area contributed by atoms with E-state index in [0.29, 0.717) is 12.0 Å². The Kier molecular flexibility index (Phi) is 3.56. The van der Waals surface area contributed by atoms with Gasteiger partial charge in [-0.05, 0) is 28.9 Å². The zero-order chi connectivity index (χ0) is 11.6. The standard InChI is InChI=1S/C12H18BFO/c1-12(2,3)8-9-7-10(13(4)15)5-6-11(9)14/h5-7,15H,8H2,1-4H3. The van der Waals surface area contributed by atoms with E-state index in [1.54, 1.807) is 19.0 Å². The Bertz CT molecular complexity index is 342. The topological polar surface area (TPSA) is 20.2 Å². The first kappa shape index (κ1) is 12.2. The SMILES string of the molecule is CB(O)c1ccc(F)c(CC(C)(C)C)c1. The van der Waals surface area contributed by atoms with Crippen molar-refractivity contribution in [2.45, 2.75) is 34.0 Å². The normalized spacial score (nSPS) is 11.6. The quantitative estimate of drug-likeness (QED) is 0.739. The van der Waals surface area contributed by atoms with Crippen LogP contribution in [0.25, 0.3) is 0 Å². The molecule has 82 valence electrons. The van der Waals surface area contributed by atoms with Crippen LogP contribution < -0.4 is 5.46 Å². The molecule has 0 aliphatic carbocycles. The summed E-state index contributed by atoms with van der Waals surface area (Å²) in [6.07, 6.45) is 0.680. The first-order valence-electron chi connectivity index (χ1n) is 5.26. The fourth-order valence-corrected chi connectivity index (χ4v) is 1.56. The summed E-state index contributed by atoms with van der Waals surface area (Å²) in [7, 11) is 0. The summed E-state index contributed by atoms with van der Waals surface area (Å²) >= 11 is 0. The maximum Gasteiger partial charge on any atom is 0.320 e. The highest BCUT2D eigenvalue weighted by molar-refractivity contribution is 6.64. The molecule has 1 nitrogen and oxygen atoms in total. The molecule has 0 atom stereocenters. The number of halogens is 1. The number of hydrogen-bond donors (Lipinski definition) is 1. The van der Waals surface area contributed by atoms with Gasteiger partial charge in [0.25, 0.3) is 0 Å². The van der Waals surface area contributed by atoms with Gasteiger partial charge in [0, 0.05) is 0 Å². The summed E-state index contributed by atoms with van der Waals surface area (Å²) in [5, 5.41) is 9.41. The van der Waals surface area contributed by atoms with Crippen molar-refractivity contribution in [3.8, 4) is 0 Å². The Balaban J connectivity index is 3.01. The summed E-state index contributed by atoms with van der Waals surface area (Å²) in [5.41, 5.74) is 1.51. The van der Waals surface area contributed by atoms with Crippen LogP contribution in [0, 0.1) is 11.2 Å². The molecule has 0 heterocycles. The molecule has 1 rings (SSSR count). The lowest BCUT2D eigenvalue weighted by Gasteiger charge is -2.19. The van der Waals surface area contributed by atoms with Gasteiger partial charge in [-0.25, -0.2) is 4.39 Å². The zero-order valence-electron chi connectivity index (χ0n) is 9.84. The lowest BCUT2D eigenvalue weighted by molar-refractivity contribution is 0.402. The van der Waals surface area contributed by atoms with E-state index in [2.05, 4.69) is 20.8 Å². The van der Waals surface area contributed by atoms with Crippen LogP contribution in [0.1, 0.15) is 26.3 Å². The highest BCUT2D eigenvalue weighted by Gasteiger charge is 2.16. The van der Waals surface area contributed by atoms with E-state index in [1.807, 2.05) is 0 Å². The molecule has 0 aliphatic heterocycles. The largest absolute Gasteiger partial charge is 0.447 e. The van der Waals surface area contributed by atoms with Crippen molar-refractivity contribution in [1.82, 2.24) is 0 Å². The zero-order valence-corrected chi connectivity index (χ0v) is 9.84. The average Bonchev–Trinajstić information content (AvgIpc) is 2.06. The third-order valence-electron chi connectivity index (χ3n) is 2.27. The van der Waals surface area contributed by atoms with Crippen molar-refractivity contribution in [3.63, 3.8) is 0 Å². The van der Waals surface area contributed by atoms with Gasteiger partial charge in [0.15, 0.2) is 0 Å². The molecule has 0 aliphatic rings. The smallest absolute Gasteiger partial charge is 0.320 e. The molecule has 0 bridgehead atoms. The van der Waals surface area contributed by atoms with Crippen LogP contribution in [0.2, 0.25) is 6.82 Å². The molecular weight excluding hydrogens is 190 g/mol. The minimum Gasteiger partial charge on any atom is -0.447 e. The van der Waals surface area contributed by atoms with E-state index in [9.17, 15) is 9.41 Å². The maximum absolute atomic E-state index is 13.5. The number of hydrogen-bond acceptors (Lipinski definition) is 1. The molecule has 0 fully saturated rings. The van der Waals surface area contributed by atoms with Crippen LogP contribution in [0.5, 0.6) is 0 Å². The molecular formula is C12H18BFO. The number of benzene rings is 1. The predicted molar refractivity (Wildman–Crippen MR) is 63.0 cm³/mol. The van der Waals surface area contributed by atoms with Gasteiger partial charge in [0.1, 0.15) is 5.82 Å². The lowest BCUT2D eigenvalue weighted by Crippen LogP contribution is -2.27. The Morgan fingerprint density at radius 3 is 2.40 bits per heavy atom. The monoisotopic (exact) mass is 208 g/mol. The van der Waals surface area contributed by atoms with Crippen LogP contribution in [0.15, 0.2) is 18.2 Å². The fourth-order valence-electron chi connectivity index (χ4n) is 1.56. The van der Waals surface area contributed by atoms with Gasteiger partial charge >= 0.3 is 6.92 Å². The highest BCUT2D eigenvalue weighted by Crippen LogP contribution is 2.21. The predicted octanol–water partition coefficient (Wildman–Crippen LogP) is 2.23. The van der Waals surface area contributed by atoms with Gasteiger partial charge in [0.2, 0.25) is 0 Å². The maximum atomic E-state index is 13.5. The molecule has 1 aromatic carbocycles. The molecule has 0 spiro atoms. The average molecular weight is 208 g/mol. The van der Waals surface area contributed by atoms with Crippen LogP contribution >= 0.6 is 0 Å². The Hall–Kier alpha value is -0.825. The molecule has 0 saturated heterocycles. The molecule has 1 aromatic rings. The number of rotatable bonds is 2. The van der Waals surface area contributed by atoms with Crippen molar-refractivity contribution in [2.75, 3.05) is 0 Å². The molecule has 0 radical (unpaired) electrons. The third-order valence-corrected chi connectivity index (χ3v) is 2.27. The molecule has 0 saturated carbocycles. The van der Waals surface area contributed by atoms with Gasteiger partial charge in [0.05, 0.1) is 0 Å². The van der Waals surface area contributed by atoms with E-state index >= 15 is 0 Å². The van der Waals surface area contributed by atoms with Crippen LogP contribution in [-0.2, 0) is 6.42 Å². The second-order valence-electron chi connectivity index (χ2n) is 5.26. The summed E-state index contributed by atoms with van der Waals surface area (Å²) in [4.78, 5) is 0. The van der Waals surface area contributed by atoms with Crippen LogP contribution in [0.3, 0.4) is 0 Å². The van der Waals surface area contributed by atoms with E-state index in [-0.39, 0.29) is 11.2 Å². The Morgan fingerprint density at radius 2 is 1.93 bits per heavy atom. The summed E-state index contributed by atoms with van der Waals surface area (Å²) < 4.78 is 13.5. The summed E-state index contributed by atoms with van der Waals surface area (Å²) in [5.74, 6) is -0.186. The van der Waals surface area contributed by atoms with Crippen molar-refractivity contribution in [1.29, 1.82) is 0 Å². The van der Waals surface area contributed by atoms with Gasteiger partial charge < -0.3 is 5.02 Å². The molecule has 1 N–H and O–H groups in total. The second kappa shape index (κ2) is 4.36. The lowest BCUT2D eigenvalue weighted by atomic mass is 9.64. The van der Waals surface area contributed by atoms with Gasteiger partial charge in [-0.2, -0.15) is 0 Å². The van der Waals surface area contributed by atoms with E-state index in [1.165, 1.54) is 6.07 Å². The molecule has 0 aromatic heterocycles. The molecule has 0 amide bonds. The second-order valence-corrected chi connectivity index (χ2v) is 5.26. The third kappa shape index (κ3) is 3.67. The van der Waals surface area contributed by atoms with Gasteiger partial charge in [-0.3, -0.25) is 0 Å². The van der Waals surface area contributed by atoms with Gasteiger partial charge in [-0.1, -0.05) is 39.7 Å². The van der Waals surface area contributed by atoms with Gasteiger partial charge in [-0.15, -0.1) is 0 Å². The highest BCUT2D eigenvalue weighted by atomic mass is 19.1. The first-order valence-corrected chi connectivity index (χ1v) is 5.26. The first-order chi connectivity index (χ1) is 6.79. The van der Waals surface area contributed by atoms with E-state index in [0.717, 1.165) is 5.46 Å². The minimum absolute atomic E-state index is 0.0537. The Morgan fingerprint density at radius 1 is 1.33 bits per heavy atom. The molecule has 0 unspecified atom stereocenters. The van der Waals surface area contributed by atoms with Crippen LogP contribution in [-0.4, -0.2) is 11.9 Å².